The number of anilines is 2. The van der Waals surface area contributed by atoms with Crippen molar-refractivity contribution in [1.29, 1.82) is 0 Å². The topological polar surface area (TPSA) is 88.3 Å². The first-order valence-corrected chi connectivity index (χ1v) is 11.1. The van der Waals surface area contributed by atoms with Crippen molar-refractivity contribution in [2.24, 2.45) is 0 Å². The summed E-state index contributed by atoms with van der Waals surface area (Å²) in [7, 11) is 0. The summed E-state index contributed by atoms with van der Waals surface area (Å²) in [6, 6.07) is 13.8. The van der Waals surface area contributed by atoms with E-state index in [0.29, 0.717) is 24.1 Å². The van der Waals surface area contributed by atoms with Crippen molar-refractivity contribution in [3.05, 3.63) is 65.0 Å². The molecule has 4 rings (SSSR count). The molecule has 1 fully saturated rings. The number of amides is 2. The minimum atomic E-state index is -0.153. The fraction of sp³-hybridized carbons (Fsp3) is 0.304. The molecule has 1 unspecified atom stereocenters. The predicted molar refractivity (Wildman–Crippen MR) is 120 cm³/mol. The van der Waals surface area contributed by atoms with Crippen LogP contribution in [0.15, 0.2) is 52.1 Å². The van der Waals surface area contributed by atoms with Gasteiger partial charge in [-0.1, -0.05) is 41.6 Å². The third kappa shape index (κ3) is 4.96. The van der Waals surface area contributed by atoms with Gasteiger partial charge in [0.25, 0.3) is 5.22 Å². The highest BCUT2D eigenvalue weighted by atomic mass is 32.2. The summed E-state index contributed by atoms with van der Waals surface area (Å²) in [6.45, 7) is 6.45. The van der Waals surface area contributed by atoms with Crippen molar-refractivity contribution in [1.82, 2.24) is 10.2 Å². The van der Waals surface area contributed by atoms with Gasteiger partial charge in [0.1, 0.15) is 0 Å². The Balaban J connectivity index is 1.34. The maximum absolute atomic E-state index is 12.5. The van der Waals surface area contributed by atoms with E-state index in [1.807, 2.05) is 63.2 Å². The van der Waals surface area contributed by atoms with Gasteiger partial charge in [0.15, 0.2) is 0 Å². The Morgan fingerprint density at radius 2 is 1.87 bits per heavy atom. The summed E-state index contributed by atoms with van der Waals surface area (Å²) in [5.41, 5.74) is 4.91. The summed E-state index contributed by atoms with van der Waals surface area (Å²) < 4.78 is 5.74. The van der Waals surface area contributed by atoms with E-state index in [1.54, 1.807) is 4.90 Å². The lowest BCUT2D eigenvalue weighted by Gasteiger charge is -2.16. The molecule has 0 radical (unpaired) electrons. The third-order valence-electron chi connectivity index (χ3n) is 5.24. The van der Waals surface area contributed by atoms with Crippen molar-refractivity contribution in [3.63, 3.8) is 0 Å². The number of carbonyl (C=O) groups is 2. The second kappa shape index (κ2) is 8.93. The molecule has 2 aromatic carbocycles. The fourth-order valence-corrected chi connectivity index (χ4v) is 4.04. The number of benzene rings is 2. The number of nitrogens with zero attached hydrogens (tertiary/aromatic N) is 3. The van der Waals surface area contributed by atoms with Gasteiger partial charge in [-0.15, -0.1) is 10.2 Å². The molecule has 0 saturated carbocycles. The van der Waals surface area contributed by atoms with Gasteiger partial charge in [0.05, 0.1) is 11.7 Å². The lowest BCUT2D eigenvalue weighted by Crippen LogP contribution is -2.24. The molecule has 0 aliphatic carbocycles. The van der Waals surface area contributed by atoms with Crippen LogP contribution in [0.5, 0.6) is 0 Å². The van der Waals surface area contributed by atoms with Crippen LogP contribution in [-0.4, -0.2) is 34.3 Å². The minimum Gasteiger partial charge on any atom is -0.416 e. The average molecular weight is 437 g/mol. The highest BCUT2D eigenvalue weighted by Gasteiger charge is 2.35. The van der Waals surface area contributed by atoms with Gasteiger partial charge in [-0.25, -0.2) is 0 Å². The molecule has 1 aliphatic heterocycles. The van der Waals surface area contributed by atoms with E-state index in [9.17, 15) is 9.59 Å². The summed E-state index contributed by atoms with van der Waals surface area (Å²) >= 11 is 1.19. The third-order valence-corrected chi connectivity index (χ3v) is 6.05. The number of hydrogen-bond acceptors (Lipinski definition) is 6. The van der Waals surface area contributed by atoms with Crippen LogP contribution in [0.1, 0.15) is 34.9 Å². The first-order chi connectivity index (χ1) is 14.9. The maximum Gasteiger partial charge on any atom is 0.277 e. The van der Waals surface area contributed by atoms with Crippen LogP contribution in [0.25, 0.3) is 0 Å². The molecule has 160 valence electrons. The van der Waals surface area contributed by atoms with E-state index in [-0.39, 0.29) is 23.5 Å². The summed E-state index contributed by atoms with van der Waals surface area (Å²) in [5, 5.41) is 11.4. The molecule has 7 nitrogen and oxygen atoms in total. The summed E-state index contributed by atoms with van der Waals surface area (Å²) in [6.07, 6.45) is 0.327. The molecule has 3 aromatic rings. The first-order valence-electron chi connectivity index (χ1n) is 10.1. The molecule has 0 spiro atoms. The van der Waals surface area contributed by atoms with Gasteiger partial charge < -0.3 is 14.6 Å². The molecule has 1 aromatic heterocycles. The van der Waals surface area contributed by atoms with E-state index in [4.69, 9.17) is 4.42 Å². The van der Waals surface area contributed by atoms with Crippen LogP contribution in [0.4, 0.5) is 11.4 Å². The minimum absolute atomic E-state index is 0.0363. The number of aromatic nitrogens is 2. The summed E-state index contributed by atoms with van der Waals surface area (Å²) in [4.78, 5) is 26.5. The Morgan fingerprint density at radius 1 is 1.13 bits per heavy atom. The van der Waals surface area contributed by atoms with Gasteiger partial charge >= 0.3 is 0 Å². The fourth-order valence-electron chi connectivity index (χ4n) is 3.48. The summed E-state index contributed by atoms with van der Waals surface area (Å²) in [5.74, 6) is 0.336. The molecule has 1 aliphatic rings. The Kier molecular flexibility index (Phi) is 6.08. The SMILES string of the molecule is Cc1ccc(N2CC(c3nnc(SCC(=O)Nc4cc(C)ccc4C)o3)CC2=O)cc1. The number of carbonyl (C=O) groups excluding carboxylic acids is 2. The van der Waals surface area contributed by atoms with Crippen molar-refractivity contribution >= 4 is 35.0 Å². The smallest absolute Gasteiger partial charge is 0.277 e. The van der Waals surface area contributed by atoms with Crippen molar-refractivity contribution in [2.45, 2.75) is 38.3 Å². The number of rotatable bonds is 6. The molecular formula is C23H24N4O3S. The lowest BCUT2D eigenvalue weighted by atomic mass is 10.1. The monoisotopic (exact) mass is 436 g/mol. The highest BCUT2D eigenvalue weighted by Crippen LogP contribution is 2.32. The van der Waals surface area contributed by atoms with E-state index in [0.717, 1.165) is 28.1 Å². The molecule has 1 atom stereocenters. The zero-order chi connectivity index (χ0) is 22.0. The second-order valence-corrected chi connectivity index (χ2v) is 8.73. The molecule has 2 heterocycles. The van der Waals surface area contributed by atoms with Gasteiger partial charge in [-0.3, -0.25) is 9.59 Å². The van der Waals surface area contributed by atoms with Gasteiger partial charge in [0, 0.05) is 24.3 Å². The average Bonchev–Trinajstić information content (AvgIpc) is 3.36. The molecule has 1 N–H and O–H groups in total. The van der Waals surface area contributed by atoms with Crippen molar-refractivity contribution in [2.75, 3.05) is 22.5 Å². The van der Waals surface area contributed by atoms with Gasteiger partial charge in [-0.05, 0) is 50.1 Å². The van der Waals surface area contributed by atoms with Gasteiger partial charge in [0.2, 0.25) is 17.7 Å². The largest absolute Gasteiger partial charge is 0.416 e. The van der Waals surface area contributed by atoms with E-state index < -0.39 is 0 Å². The number of nitrogens with one attached hydrogen (secondary N) is 1. The first kappa shape index (κ1) is 21.1. The van der Waals surface area contributed by atoms with Crippen LogP contribution >= 0.6 is 11.8 Å². The Labute approximate surface area is 185 Å². The van der Waals surface area contributed by atoms with E-state index >= 15 is 0 Å². The lowest BCUT2D eigenvalue weighted by molar-refractivity contribution is -0.117. The zero-order valence-corrected chi connectivity index (χ0v) is 18.5. The van der Waals surface area contributed by atoms with Gasteiger partial charge in [-0.2, -0.15) is 0 Å². The molecule has 2 amide bonds. The normalized spacial score (nSPS) is 16.0. The predicted octanol–water partition coefficient (Wildman–Crippen LogP) is 4.25. The van der Waals surface area contributed by atoms with Crippen molar-refractivity contribution in [3.8, 4) is 0 Å². The van der Waals surface area contributed by atoms with E-state index in [2.05, 4.69) is 15.5 Å². The van der Waals surface area contributed by atoms with E-state index in [1.165, 1.54) is 11.8 Å². The standard InChI is InChI=1S/C23H24N4O3S/c1-14-5-8-18(9-6-14)27-12-17(11-21(27)29)22-25-26-23(30-22)31-13-20(28)24-19-10-15(2)4-7-16(19)3/h4-10,17H,11-13H2,1-3H3,(H,24,28). The maximum atomic E-state index is 12.5. The van der Waals surface area contributed by atoms with Crippen LogP contribution in [0, 0.1) is 20.8 Å². The zero-order valence-electron chi connectivity index (χ0n) is 17.7. The van der Waals surface area contributed by atoms with Crippen LogP contribution in [0.2, 0.25) is 0 Å². The second-order valence-electron chi connectivity index (χ2n) is 7.80. The Bertz CT molecular complexity index is 1110. The number of aryl methyl sites for hydroxylation is 3. The molecular weight excluding hydrogens is 412 g/mol. The molecule has 1 saturated heterocycles. The number of thioether (sulfide) groups is 1. The highest BCUT2D eigenvalue weighted by molar-refractivity contribution is 7.99. The Hall–Kier alpha value is -3.13. The van der Waals surface area contributed by atoms with Crippen LogP contribution in [0.3, 0.4) is 0 Å². The molecule has 31 heavy (non-hydrogen) atoms. The van der Waals surface area contributed by atoms with Crippen molar-refractivity contribution < 1.29 is 14.0 Å². The molecule has 0 bridgehead atoms. The Morgan fingerprint density at radius 3 is 2.65 bits per heavy atom. The molecule has 8 heteroatoms. The van der Waals surface area contributed by atoms with Crippen LogP contribution in [-0.2, 0) is 9.59 Å². The number of hydrogen-bond donors (Lipinski definition) is 1. The van der Waals surface area contributed by atoms with Crippen LogP contribution < -0.4 is 10.2 Å². The quantitative estimate of drug-likeness (QED) is 0.581.